The molecule has 0 saturated carbocycles. The van der Waals surface area contributed by atoms with Crippen LogP contribution in [0.1, 0.15) is 41.8 Å². The molecule has 1 aliphatic heterocycles. The zero-order valence-corrected chi connectivity index (χ0v) is 12.3. The molecule has 1 aromatic rings. The van der Waals surface area contributed by atoms with Gasteiger partial charge in [0.25, 0.3) is 0 Å². The van der Waals surface area contributed by atoms with Crippen LogP contribution in [0, 0.1) is 19.8 Å². The lowest BCUT2D eigenvalue weighted by molar-refractivity contribution is -0.132. The van der Waals surface area contributed by atoms with E-state index in [0.717, 1.165) is 36.6 Å². The number of rotatable bonds is 3. The molecular weight excluding hydrogens is 244 g/mol. The van der Waals surface area contributed by atoms with Crippen molar-refractivity contribution in [3.63, 3.8) is 0 Å². The van der Waals surface area contributed by atoms with Crippen molar-refractivity contribution in [2.45, 2.75) is 46.5 Å². The lowest BCUT2D eigenvalue weighted by Crippen LogP contribution is -2.39. The number of amides is 1. The minimum absolute atomic E-state index is 0.312. The molecule has 1 unspecified atom stereocenters. The van der Waals surface area contributed by atoms with Gasteiger partial charge in [0.05, 0.1) is 10.7 Å². The number of aromatic nitrogens is 1. The smallest absolute Gasteiger partial charge is 0.222 e. The Bertz CT molecular complexity index is 427. The molecule has 2 rings (SSSR count). The molecule has 1 fully saturated rings. The maximum atomic E-state index is 12.1. The maximum Gasteiger partial charge on any atom is 0.222 e. The van der Waals surface area contributed by atoms with Crippen molar-refractivity contribution in [3.05, 3.63) is 15.6 Å². The van der Waals surface area contributed by atoms with Gasteiger partial charge in [-0.2, -0.15) is 0 Å². The summed E-state index contributed by atoms with van der Waals surface area (Å²) in [4.78, 5) is 19.9. The van der Waals surface area contributed by atoms with Gasteiger partial charge in [-0.05, 0) is 39.0 Å². The first-order valence-electron chi connectivity index (χ1n) is 6.77. The highest BCUT2D eigenvalue weighted by molar-refractivity contribution is 7.11. The molecule has 100 valence electrons. The number of aryl methyl sites for hydroxylation is 3. The van der Waals surface area contributed by atoms with E-state index in [4.69, 9.17) is 0 Å². The second kappa shape index (κ2) is 5.83. The van der Waals surface area contributed by atoms with E-state index in [-0.39, 0.29) is 0 Å². The van der Waals surface area contributed by atoms with Gasteiger partial charge < -0.3 is 4.90 Å². The zero-order chi connectivity index (χ0) is 13.1. The van der Waals surface area contributed by atoms with Crippen LogP contribution in [-0.4, -0.2) is 28.9 Å². The summed E-state index contributed by atoms with van der Waals surface area (Å²) in [5, 5.41) is 1.10. The number of hydrogen-bond donors (Lipinski definition) is 0. The molecule has 0 aliphatic carbocycles. The van der Waals surface area contributed by atoms with Crippen molar-refractivity contribution in [1.82, 2.24) is 9.88 Å². The van der Waals surface area contributed by atoms with E-state index in [1.807, 2.05) is 18.7 Å². The molecule has 1 saturated heterocycles. The lowest BCUT2D eigenvalue weighted by Gasteiger charge is -2.31. The topological polar surface area (TPSA) is 33.2 Å². The third-order valence-corrected chi connectivity index (χ3v) is 4.71. The number of thiazole rings is 1. The standard InChI is InChI=1S/C14H22N2OS/c1-10-5-4-8-16(9-10)14(17)7-6-13-11(2)15-12(3)18-13/h10H,4-9H2,1-3H3. The van der Waals surface area contributed by atoms with Gasteiger partial charge in [0.15, 0.2) is 0 Å². The van der Waals surface area contributed by atoms with Gasteiger partial charge in [0, 0.05) is 24.4 Å². The summed E-state index contributed by atoms with van der Waals surface area (Å²) < 4.78 is 0. The Morgan fingerprint density at radius 1 is 1.50 bits per heavy atom. The highest BCUT2D eigenvalue weighted by atomic mass is 32.1. The predicted octanol–water partition coefficient (Wildman–Crippen LogP) is 2.95. The number of carbonyl (C=O) groups excluding carboxylic acids is 1. The largest absolute Gasteiger partial charge is 0.342 e. The number of piperidine rings is 1. The van der Waals surface area contributed by atoms with E-state index in [1.165, 1.54) is 11.3 Å². The molecule has 0 spiro atoms. The summed E-state index contributed by atoms with van der Waals surface area (Å²) in [7, 11) is 0. The minimum atomic E-state index is 0.312. The Labute approximate surface area is 113 Å². The Morgan fingerprint density at radius 2 is 2.28 bits per heavy atom. The van der Waals surface area contributed by atoms with Gasteiger partial charge in [-0.3, -0.25) is 4.79 Å². The Kier molecular flexibility index (Phi) is 4.38. The monoisotopic (exact) mass is 266 g/mol. The average molecular weight is 266 g/mol. The first-order valence-corrected chi connectivity index (χ1v) is 7.58. The highest BCUT2D eigenvalue weighted by Crippen LogP contribution is 2.20. The molecule has 2 heterocycles. The van der Waals surface area contributed by atoms with Crippen LogP contribution in [0.15, 0.2) is 0 Å². The van der Waals surface area contributed by atoms with E-state index < -0.39 is 0 Å². The molecule has 18 heavy (non-hydrogen) atoms. The molecular formula is C14H22N2OS. The summed E-state index contributed by atoms with van der Waals surface area (Å²) in [5.74, 6) is 0.974. The van der Waals surface area contributed by atoms with E-state index in [1.54, 1.807) is 11.3 Å². The van der Waals surface area contributed by atoms with E-state index in [9.17, 15) is 4.79 Å². The summed E-state index contributed by atoms with van der Waals surface area (Å²) in [6.45, 7) is 8.18. The van der Waals surface area contributed by atoms with Crippen LogP contribution in [0.2, 0.25) is 0 Å². The summed E-state index contributed by atoms with van der Waals surface area (Å²) in [6.07, 6.45) is 3.90. The first-order chi connectivity index (χ1) is 8.56. The van der Waals surface area contributed by atoms with Crippen LogP contribution in [0.5, 0.6) is 0 Å². The number of likely N-dealkylation sites (tertiary alicyclic amines) is 1. The molecule has 1 aliphatic rings. The van der Waals surface area contributed by atoms with Crippen LogP contribution < -0.4 is 0 Å². The fourth-order valence-corrected chi connectivity index (χ4v) is 3.54. The lowest BCUT2D eigenvalue weighted by atomic mass is 10.00. The van der Waals surface area contributed by atoms with Crippen molar-refractivity contribution >= 4 is 17.2 Å². The van der Waals surface area contributed by atoms with Crippen molar-refractivity contribution in [2.75, 3.05) is 13.1 Å². The zero-order valence-electron chi connectivity index (χ0n) is 11.5. The van der Waals surface area contributed by atoms with Crippen LogP contribution in [-0.2, 0) is 11.2 Å². The SMILES string of the molecule is Cc1nc(C)c(CCC(=O)N2CCCC(C)C2)s1. The van der Waals surface area contributed by atoms with Gasteiger partial charge in [0.1, 0.15) is 0 Å². The van der Waals surface area contributed by atoms with Gasteiger partial charge in [-0.15, -0.1) is 11.3 Å². The number of carbonyl (C=O) groups is 1. The maximum absolute atomic E-state index is 12.1. The average Bonchev–Trinajstić information content (AvgIpc) is 2.65. The molecule has 0 N–H and O–H groups in total. The molecule has 4 heteroatoms. The van der Waals surface area contributed by atoms with Gasteiger partial charge in [0.2, 0.25) is 5.91 Å². The second-order valence-corrected chi connectivity index (χ2v) is 6.62. The molecule has 3 nitrogen and oxygen atoms in total. The number of hydrogen-bond acceptors (Lipinski definition) is 3. The third-order valence-electron chi connectivity index (χ3n) is 3.58. The highest BCUT2D eigenvalue weighted by Gasteiger charge is 2.20. The molecule has 0 bridgehead atoms. The minimum Gasteiger partial charge on any atom is -0.342 e. The van der Waals surface area contributed by atoms with Crippen molar-refractivity contribution in [3.8, 4) is 0 Å². The van der Waals surface area contributed by atoms with Crippen molar-refractivity contribution in [2.24, 2.45) is 5.92 Å². The van der Waals surface area contributed by atoms with Crippen molar-refractivity contribution < 1.29 is 4.79 Å². The third kappa shape index (κ3) is 3.31. The van der Waals surface area contributed by atoms with E-state index >= 15 is 0 Å². The molecule has 0 radical (unpaired) electrons. The first kappa shape index (κ1) is 13.5. The fraction of sp³-hybridized carbons (Fsp3) is 0.714. The summed E-state index contributed by atoms with van der Waals surface area (Å²) in [5.41, 5.74) is 1.09. The van der Waals surface area contributed by atoms with Crippen LogP contribution >= 0.6 is 11.3 Å². The van der Waals surface area contributed by atoms with Crippen molar-refractivity contribution in [1.29, 1.82) is 0 Å². The molecule has 1 amide bonds. The normalized spacial score (nSPS) is 20.2. The van der Waals surface area contributed by atoms with Gasteiger partial charge >= 0.3 is 0 Å². The molecule has 1 aromatic heterocycles. The summed E-state index contributed by atoms with van der Waals surface area (Å²) in [6, 6.07) is 0. The van der Waals surface area contributed by atoms with E-state index in [2.05, 4.69) is 11.9 Å². The predicted molar refractivity (Wildman–Crippen MR) is 74.9 cm³/mol. The van der Waals surface area contributed by atoms with Gasteiger partial charge in [-0.1, -0.05) is 6.92 Å². The fourth-order valence-electron chi connectivity index (χ4n) is 2.60. The van der Waals surface area contributed by atoms with Crippen LogP contribution in [0.25, 0.3) is 0 Å². The van der Waals surface area contributed by atoms with E-state index in [0.29, 0.717) is 18.2 Å². The number of nitrogens with zero attached hydrogens (tertiary/aromatic N) is 2. The van der Waals surface area contributed by atoms with Crippen LogP contribution in [0.3, 0.4) is 0 Å². The molecule has 1 atom stereocenters. The molecule has 0 aromatic carbocycles. The quantitative estimate of drug-likeness (QED) is 0.842. The van der Waals surface area contributed by atoms with Gasteiger partial charge in [-0.25, -0.2) is 4.98 Å². The van der Waals surface area contributed by atoms with Crippen LogP contribution in [0.4, 0.5) is 0 Å². The Morgan fingerprint density at radius 3 is 2.89 bits per heavy atom. The Hall–Kier alpha value is -0.900. The summed E-state index contributed by atoms with van der Waals surface area (Å²) >= 11 is 1.72. The Balaban J connectivity index is 1.86. The second-order valence-electron chi connectivity index (χ2n) is 5.33.